The van der Waals surface area contributed by atoms with E-state index in [-0.39, 0.29) is 0 Å². The molecule has 0 saturated carbocycles. The van der Waals surface area contributed by atoms with Crippen LogP contribution >= 0.6 is 0 Å². The standard InChI is InChI=1S/C19H20F4N4/c1-11-9-16(27-15(25-11)7-8-24-27)26-17(18(2,3)4)12-5-6-13(14(20)10-12)19(21,22)23/h5-10,17,26H,1-4H3. The lowest BCUT2D eigenvalue weighted by molar-refractivity contribution is -0.140. The van der Waals surface area contributed by atoms with Gasteiger partial charge in [-0.2, -0.15) is 22.8 Å². The number of alkyl halides is 3. The summed E-state index contributed by atoms with van der Waals surface area (Å²) in [5.41, 5.74) is 0.138. The summed E-state index contributed by atoms with van der Waals surface area (Å²) >= 11 is 0. The van der Waals surface area contributed by atoms with E-state index in [1.165, 1.54) is 6.07 Å². The third-order valence-electron chi connectivity index (χ3n) is 4.28. The number of nitrogens with one attached hydrogen (secondary N) is 1. The lowest BCUT2D eigenvalue weighted by atomic mass is 9.82. The van der Waals surface area contributed by atoms with E-state index >= 15 is 0 Å². The zero-order chi connectivity index (χ0) is 20.0. The number of halogens is 4. The second-order valence-corrected chi connectivity index (χ2v) is 7.56. The molecule has 4 nitrogen and oxygen atoms in total. The second-order valence-electron chi connectivity index (χ2n) is 7.56. The first-order valence-electron chi connectivity index (χ1n) is 8.41. The van der Waals surface area contributed by atoms with E-state index in [2.05, 4.69) is 15.4 Å². The number of fused-ring (bicyclic) bond motifs is 1. The first-order valence-corrected chi connectivity index (χ1v) is 8.41. The molecule has 0 amide bonds. The molecule has 2 aromatic heterocycles. The molecule has 0 bridgehead atoms. The summed E-state index contributed by atoms with van der Waals surface area (Å²) < 4.78 is 54.3. The molecule has 1 N–H and O–H groups in total. The van der Waals surface area contributed by atoms with Crippen LogP contribution in [0.15, 0.2) is 36.5 Å². The molecule has 0 aliphatic carbocycles. The van der Waals surface area contributed by atoms with Crippen molar-refractivity contribution >= 4 is 11.5 Å². The first kappa shape index (κ1) is 19.1. The molecule has 3 rings (SSSR count). The minimum absolute atomic E-state index is 0.414. The molecule has 27 heavy (non-hydrogen) atoms. The van der Waals surface area contributed by atoms with Gasteiger partial charge in [-0.3, -0.25) is 0 Å². The Kier molecular flexibility index (Phi) is 4.61. The third-order valence-corrected chi connectivity index (χ3v) is 4.28. The number of anilines is 1. The maximum absolute atomic E-state index is 14.1. The number of benzene rings is 1. The molecule has 144 valence electrons. The molecule has 0 aliphatic heterocycles. The Hall–Kier alpha value is -2.64. The molecule has 2 heterocycles. The van der Waals surface area contributed by atoms with Crippen molar-refractivity contribution in [2.24, 2.45) is 5.41 Å². The van der Waals surface area contributed by atoms with Crippen LogP contribution in [0.4, 0.5) is 23.4 Å². The summed E-state index contributed by atoms with van der Waals surface area (Å²) in [5, 5.41) is 7.52. The average molecular weight is 380 g/mol. The van der Waals surface area contributed by atoms with E-state index in [0.29, 0.717) is 17.0 Å². The predicted octanol–water partition coefficient (Wildman–Crippen LogP) is 5.39. The van der Waals surface area contributed by atoms with Gasteiger partial charge in [-0.05, 0) is 30.0 Å². The van der Waals surface area contributed by atoms with Gasteiger partial charge in [-0.15, -0.1) is 0 Å². The number of nitrogens with zero attached hydrogens (tertiary/aromatic N) is 3. The van der Waals surface area contributed by atoms with Crippen molar-refractivity contribution in [3.05, 3.63) is 59.2 Å². The van der Waals surface area contributed by atoms with Crippen molar-refractivity contribution in [1.29, 1.82) is 0 Å². The van der Waals surface area contributed by atoms with Crippen LogP contribution in [0.2, 0.25) is 0 Å². The highest BCUT2D eigenvalue weighted by atomic mass is 19.4. The molecule has 0 fully saturated rings. The van der Waals surface area contributed by atoms with Gasteiger partial charge in [-0.1, -0.05) is 26.8 Å². The van der Waals surface area contributed by atoms with Gasteiger partial charge >= 0.3 is 6.18 Å². The highest BCUT2D eigenvalue weighted by Gasteiger charge is 2.35. The Morgan fingerprint density at radius 2 is 1.78 bits per heavy atom. The van der Waals surface area contributed by atoms with Crippen molar-refractivity contribution in [1.82, 2.24) is 14.6 Å². The van der Waals surface area contributed by atoms with Gasteiger partial charge in [0.2, 0.25) is 0 Å². The van der Waals surface area contributed by atoms with Gasteiger partial charge in [0.1, 0.15) is 11.6 Å². The lowest BCUT2D eigenvalue weighted by Gasteiger charge is -2.33. The number of aryl methyl sites for hydroxylation is 1. The molecule has 8 heteroatoms. The van der Waals surface area contributed by atoms with Crippen LogP contribution in [0.3, 0.4) is 0 Å². The van der Waals surface area contributed by atoms with Crippen molar-refractivity contribution in [2.75, 3.05) is 5.32 Å². The molecule has 1 unspecified atom stereocenters. The van der Waals surface area contributed by atoms with Gasteiger partial charge in [0.25, 0.3) is 0 Å². The van der Waals surface area contributed by atoms with E-state index in [0.717, 1.165) is 17.8 Å². The monoisotopic (exact) mass is 380 g/mol. The molecule has 0 aliphatic rings. The largest absolute Gasteiger partial charge is 0.419 e. The van der Waals surface area contributed by atoms with Crippen LogP contribution in [-0.2, 0) is 6.18 Å². The normalized spacial score (nSPS) is 13.8. The van der Waals surface area contributed by atoms with Crippen LogP contribution < -0.4 is 5.32 Å². The maximum atomic E-state index is 14.1. The van der Waals surface area contributed by atoms with Crippen LogP contribution in [0, 0.1) is 18.2 Å². The zero-order valence-corrected chi connectivity index (χ0v) is 15.4. The molecular formula is C19H20F4N4. The summed E-state index contributed by atoms with van der Waals surface area (Å²) in [4.78, 5) is 4.37. The topological polar surface area (TPSA) is 42.2 Å². The minimum atomic E-state index is -4.73. The summed E-state index contributed by atoms with van der Waals surface area (Å²) in [5.74, 6) is -0.658. The quantitative estimate of drug-likeness (QED) is 0.619. The van der Waals surface area contributed by atoms with Gasteiger partial charge < -0.3 is 5.32 Å². The highest BCUT2D eigenvalue weighted by molar-refractivity contribution is 5.50. The maximum Gasteiger partial charge on any atom is 0.419 e. The van der Waals surface area contributed by atoms with Gasteiger partial charge in [0, 0.05) is 17.8 Å². The second kappa shape index (κ2) is 6.51. The molecule has 1 atom stereocenters. The predicted molar refractivity (Wildman–Crippen MR) is 94.9 cm³/mol. The van der Waals surface area contributed by atoms with Crippen molar-refractivity contribution in [2.45, 2.75) is 39.9 Å². The SMILES string of the molecule is Cc1cc(NC(c2ccc(C(F)(F)F)c(F)c2)C(C)(C)C)n2nccc2n1. The smallest absolute Gasteiger partial charge is 0.363 e. The Labute approximate surface area is 154 Å². The van der Waals surface area contributed by atoms with Crippen LogP contribution in [0.5, 0.6) is 0 Å². The number of hydrogen-bond acceptors (Lipinski definition) is 3. The van der Waals surface area contributed by atoms with E-state index in [1.807, 2.05) is 27.7 Å². The van der Waals surface area contributed by atoms with Crippen LogP contribution in [0.1, 0.15) is 43.6 Å². The van der Waals surface area contributed by atoms with Gasteiger partial charge in [-0.25, -0.2) is 9.37 Å². The molecule has 0 radical (unpaired) electrons. The van der Waals surface area contributed by atoms with E-state index in [9.17, 15) is 17.6 Å². The highest BCUT2D eigenvalue weighted by Crippen LogP contribution is 2.38. The van der Waals surface area contributed by atoms with E-state index in [4.69, 9.17) is 0 Å². The van der Waals surface area contributed by atoms with Crippen molar-refractivity contribution in [3.8, 4) is 0 Å². The van der Waals surface area contributed by atoms with Gasteiger partial charge in [0.05, 0.1) is 17.8 Å². The van der Waals surface area contributed by atoms with Crippen LogP contribution in [0.25, 0.3) is 5.65 Å². The fraction of sp³-hybridized carbons (Fsp3) is 0.368. The van der Waals surface area contributed by atoms with Gasteiger partial charge in [0.15, 0.2) is 5.65 Å². The Morgan fingerprint density at radius 3 is 2.37 bits per heavy atom. The Morgan fingerprint density at radius 1 is 1.07 bits per heavy atom. The van der Waals surface area contributed by atoms with Crippen molar-refractivity contribution in [3.63, 3.8) is 0 Å². The van der Waals surface area contributed by atoms with E-state index < -0.39 is 29.0 Å². The first-order chi connectivity index (χ1) is 12.5. The van der Waals surface area contributed by atoms with Crippen molar-refractivity contribution < 1.29 is 17.6 Å². The molecule has 0 spiro atoms. The summed E-state index contributed by atoms with van der Waals surface area (Å²) in [6.45, 7) is 7.61. The molecule has 0 saturated heterocycles. The fourth-order valence-corrected chi connectivity index (χ4v) is 3.03. The lowest BCUT2D eigenvalue weighted by Crippen LogP contribution is -2.27. The fourth-order valence-electron chi connectivity index (χ4n) is 3.03. The Bertz CT molecular complexity index is 970. The number of hydrogen-bond donors (Lipinski definition) is 1. The molecule has 1 aromatic carbocycles. The summed E-state index contributed by atoms with van der Waals surface area (Å²) in [7, 11) is 0. The third kappa shape index (κ3) is 3.89. The number of rotatable bonds is 3. The summed E-state index contributed by atoms with van der Waals surface area (Å²) in [6, 6.07) is 6.13. The molecular weight excluding hydrogens is 360 g/mol. The zero-order valence-electron chi connectivity index (χ0n) is 15.4. The minimum Gasteiger partial charge on any atom is -0.363 e. The number of aromatic nitrogens is 3. The average Bonchev–Trinajstić information content (AvgIpc) is 2.98. The summed E-state index contributed by atoms with van der Waals surface area (Å²) in [6.07, 6.45) is -3.12. The Balaban J connectivity index is 2.05. The van der Waals surface area contributed by atoms with E-state index in [1.54, 1.807) is 22.8 Å². The van der Waals surface area contributed by atoms with Crippen LogP contribution in [-0.4, -0.2) is 14.6 Å². The molecule has 3 aromatic rings.